The maximum Gasteiger partial charge on any atom is 0.0659 e. The van der Waals surface area contributed by atoms with E-state index in [0.717, 1.165) is 6.54 Å². The van der Waals surface area contributed by atoms with Crippen LogP contribution in [0.25, 0.3) is 0 Å². The molecular formula is C15H22INOS. The predicted octanol–water partition coefficient (Wildman–Crippen LogP) is 3.73. The highest BCUT2D eigenvalue weighted by atomic mass is 127. The fourth-order valence-corrected chi connectivity index (χ4v) is 5.77. The van der Waals surface area contributed by atoms with Crippen LogP contribution in [0.4, 0.5) is 0 Å². The van der Waals surface area contributed by atoms with Crippen LogP contribution in [-0.2, 0) is 6.42 Å². The Morgan fingerprint density at radius 2 is 2.11 bits per heavy atom. The number of aliphatic hydroxyl groups is 1. The highest BCUT2D eigenvalue weighted by Crippen LogP contribution is 2.37. The van der Waals surface area contributed by atoms with Crippen LogP contribution >= 0.6 is 33.9 Å². The minimum absolute atomic E-state index is 0.374. The molecule has 2 aliphatic rings. The Kier molecular flexibility index (Phi) is 4.82. The molecule has 1 heterocycles. The topological polar surface area (TPSA) is 32.3 Å². The Morgan fingerprint density at radius 1 is 1.26 bits per heavy atom. The number of aryl methyl sites for hydroxylation is 1. The first-order chi connectivity index (χ1) is 9.28. The second kappa shape index (κ2) is 6.41. The summed E-state index contributed by atoms with van der Waals surface area (Å²) in [6.45, 7) is 1.46. The largest absolute Gasteiger partial charge is 0.396 e. The standard InChI is InChI=1S/C15H22INOS/c16-15-7-12-13(5-2-6-14(12)19-15)17-8-10-3-1-4-11(10)9-18/h7,10-11,13,17-18H,1-6,8-9H2. The second-order valence-corrected chi connectivity index (χ2v) is 8.95. The molecule has 2 N–H and O–H groups in total. The second-order valence-electron chi connectivity index (χ2n) is 5.92. The lowest BCUT2D eigenvalue weighted by Crippen LogP contribution is -2.31. The van der Waals surface area contributed by atoms with Crippen LogP contribution in [0.3, 0.4) is 0 Å². The Balaban J connectivity index is 1.61. The van der Waals surface area contributed by atoms with Gasteiger partial charge in [-0.2, -0.15) is 0 Å². The molecule has 0 spiro atoms. The van der Waals surface area contributed by atoms with Crippen molar-refractivity contribution in [2.75, 3.05) is 13.2 Å². The average molecular weight is 391 g/mol. The van der Waals surface area contributed by atoms with Crippen molar-refractivity contribution in [3.05, 3.63) is 19.4 Å². The van der Waals surface area contributed by atoms with Crippen molar-refractivity contribution in [2.45, 2.75) is 44.6 Å². The molecule has 1 fully saturated rings. The van der Waals surface area contributed by atoms with Gasteiger partial charge >= 0.3 is 0 Å². The maximum atomic E-state index is 9.41. The molecule has 3 rings (SSSR count). The highest BCUT2D eigenvalue weighted by molar-refractivity contribution is 14.1. The normalized spacial score (nSPS) is 30.5. The van der Waals surface area contributed by atoms with Crippen LogP contribution in [0, 0.1) is 14.7 Å². The van der Waals surface area contributed by atoms with Crippen molar-refractivity contribution < 1.29 is 5.11 Å². The van der Waals surface area contributed by atoms with Crippen LogP contribution in [0.5, 0.6) is 0 Å². The zero-order chi connectivity index (χ0) is 13.2. The molecule has 3 unspecified atom stereocenters. The van der Waals surface area contributed by atoms with Gasteiger partial charge in [0.2, 0.25) is 0 Å². The van der Waals surface area contributed by atoms with E-state index < -0.39 is 0 Å². The van der Waals surface area contributed by atoms with E-state index in [2.05, 4.69) is 34.0 Å². The first-order valence-electron chi connectivity index (χ1n) is 7.40. The number of rotatable bonds is 4. The first-order valence-corrected chi connectivity index (χ1v) is 9.30. The predicted molar refractivity (Wildman–Crippen MR) is 88.6 cm³/mol. The van der Waals surface area contributed by atoms with Crippen LogP contribution in [-0.4, -0.2) is 18.3 Å². The van der Waals surface area contributed by atoms with Gasteiger partial charge in [0.1, 0.15) is 0 Å². The van der Waals surface area contributed by atoms with Gasteiger partial charge in [-0.15, -0.1) is 11.3 Å². The SMILES string of the molecule is OCC1CCCC1CNC1CCCc2sc(I)cc21. The van der Waals surface area contributed by atoms with Gasteiger partial charge in [0.25, 0.3) is 0 Å². The van der Waals surface area contributed by atoms with Gasteiger partial charge in [0, 0.05) is 17.5 Å². The molecule has 0 bridgehead atoms. The molecule has 0 amide bonds. The van der Waals surface area contributed by atoms with E-state index in [4.69, 9.17) is 0 Å². The van der Waals surface area contributed by atoms with Gasteiger partial charge in [-0.1, -0.05) is 6.42 Å². The van der Waals surface area contributed by atoms with Gasteiger partial charge < -0.3 is 10.4 Å². The molecule has 3 atom stereocenters. The van der Waals surface area contributed by atoms with E-state index in [1.54, 1.807) is 10.4 Å². The number of hydrogen-bond donors (Lipinski definition) is 2. The summed E-state index contributed by atoms with van der Waals surface area (Å²) in [7, 11) is 0. The van der Waals surface area contributed by atoms with Crippen LogP contribution in [0.2, 0.25) is 0 Å². The molecule has 1 aromatic rings. The summed E-state index contributed by atoms with van der Waals surface area (Å²) in [5.74, 6) is 1.23. The molecule has 0 aliphatic heterocycles. The lowest BCUT2D eigenvalue weighted by molar-refractivity contribution is 0.189. The number of aliphatic hydroxyl groups excluding tert-OH is 1. The zero-order valence-corrected chi connectivity index (χ0v) is 14.2. The lowest BCUT2D eigenvalue weighted by Gasteiger charge is -2.26. The minimum atomic E-state index is 0.374. The zero-order valence-electron chi connectivity index (χ0n) is 11.2. The van der Waals surface area contributed by atoms with E-state index in [1.807, 2.05) is 11.3 Å². The number of fused-ring (bicyclic) bond motifs is 1. The van der Waals surface area contributed by atoms with Crippen molar-refractivity contribution in [2.24, 2.45) is 11.8 Å². The van der Waals surface area contributed by atoms with Crippen molar-refractivity contribution >= 4 is 33.9 Å². The molecule has 19 heavy (non-hydrogen) atoms. The Labute approximate surface area is 133 Å². The number of nitrogens with one attached hydrogen (secondary N) is 1. The summed E-state index contributed by atoms with van der Waals surface area (Å²) in [6.07, 6.45) is 7.66. The molecule has 0 radical (unpaired) electrons. The van der Waals surface area contributed by atoms with Gasteiger partial charge in [-0.25, -0.2) is 0 Å². The molecular weight excluding hydrogens is 369 g/mol. The summed E-state index contributed by atoms with van der Waals surface area (Å²) in [5.41, 5.74) is 1.55. The summed E-state index contributed by atoms with van der Waals surface area (Å²) in [4.78, 5) is 1.60. The van der Waals surface area contributed by atoms with E-state index in [1.165, 1.54) is 41.4 Å². The van der Waals surface area contributed by atoms with Crippen molar-refractivity contribution in [3.8, 4) is 0 Å². The van der Waals surface area contributed by atoms with Crippen LogP contribution < -0.4 is 5.32 Å². The Bertz CT molecular complexity index is 434. The third-order valence-corrected chi connectivity index (χ3v) is 6.73. The van der Waals surface area contributed by atoms with E-state index in [9.17, 15) is 5.11 Å². The van der Waals surface area contributed by atoms with Gasteiger partial charge in [-0.3, -0.25) is 0 Å². The molecule has 2 nitrogen and oxygen atoms in total. The molecule has 4 heteroatoms. The Morgan fingerprint density at radius 3 is 2.95 bits per heavy atom. The third-order valence-electron chi connectivity index (χ3n) is 4.76. The van der Waals surface area contributed by atoms with Gasteiger partial charge in [0.05, 0.1) is 2.88 Å². The fraction of sp³-hybridized carbons (Fsp3) is 0.733. The van der Waals surface area contributed by atoms with Crippen molar-refractivity contribution in [3.63, 3.8) is 0 Å². The lowest BCUT2D eigenvalue weighted by atomic mass is 9.92. The number of halogens is 1. The summed E-state index contributed by atoms with van der Waals surface area (Å²) >= 11 is 4.41. The van der Waals surface area contributed by atoms with Gasteiger partial charge in [-0.05, 0) is 84.7 Å². The summed E-state index contributed by atoms with van der Waals surface area (Å²) in [6, 6.07) is 2.93. The van der Waals surface area contributed by atoms with E-state index in [-0.39, 0.29) is 0 Å². The molecule has 0 saturated heterocycles. The highest BCUT2D eigenvalue weighted by Gasteiger charge is 2.28. The van der Waals surface area contributed by atoms with Crippen LogP contribution in [0.15, 0.2) is 6.07 Å². The number of hydrogen-bond acceptors (Lipinski definition) is 3. The summed E-state index contributed by atoms with van der Waals surface area (Å²) in [5, 5.41) is 13.2. The smallest absolute Gasteiger partial charge is 0.0659 e. The van der Waals surface area contributed by atoms with Crippen molar-refractivity contribution in [1.29, 1.82) is 0 Å². The van der Waals surface area contributed by atoms with E-state index >= 15 is 0 Å². The number of thiophene rings is 1. The van der Waals surface area contributed by atoms with Crippen LogP contribution in [0.1, 0.15) is 48.6 Å². The molecule has 2 aliphatic carbocycles. The van der Waals surface area contributed by atoms with E-state index in [0.29, 0.717) is 24.5 Å². The molecule has 1 saturated carbocycles. The first kappa shape index (κ1) is 14.3. The van der Waals surface area contributed by atoms with Crippen molar-refractivity contribution in [1.82, 2.24) is 5.32 Å². The molecule has 0 aromatic carbocycles. The molecule has 106 valence electrons. The Hall–Kier alpha value is 0.350. The maximum absolute atomic E-state index is 9.41. The third kappa shape index (κ3) is 3.17. The average Bonchev–Trinajstić information content (AvgIpc) is 3.00. The quantitative estimate of drug-likeness (QED) is 0.767. The fourth-order valence-electron chi connectivity index (χ4n) is 3.65. The molecule has 1 aromatic heterocycles. The minimum Gasteiger partial charge on any atom is -0.396 e. The van der Waals surface area contributed by atoms with Gasteiger partial charge in [0.15, 0.2) is 0 Å². The summed E-state index contributed by atoms with van der Waals surface area (Å²) < 4.78 is 1.42. The monoisotopic (exact) mass is 391 g/mol.